The van der Waals surface area contributed by atoms with Gasteiger partial charge in [-0.1, -0.05) is 55.5 Å². The molecule has 0 spiro atoms. The van der Waals surface area contributed by atoms with Crippen LogP contribution in [0.25, 0.3) is 22.6 Å². The molecule has 0 amide bonds. The first kappa shape index (κ1) is 28.6. The van der Waals surface area contributed by atoms with Gasteiger partial charge in [0.05, 0.1) is 18.2 Å². The fraction of sp³-hybridized carbons (Fsp3) is 0.276. The van der Waals surface area contributed by atoms with Crippen molar-refractivity contribution in [1.29, 1.82) is 0 Å². The number of hydrogen-bond acceptors (Lipinski definition) is 7. The molecule has 0 fully saturated rings. The molecule has 2 unspecified atom stereocenters. The van der Waals surface area contributed by atoms with E-state index in [4.69, 9.17) is 20.0 Å². The number of benzene rings is 2. The predicted molar refractivity (Wildman–Crippen MR) is 143 cm³/mol. The van der Waals surface area contributed by atoms with Crippen LogP contribution in [0.4, 0.5) is 19.1 Å². The maximum atomic E-state index is 14.4. The Balaban J connectivity index is 1.65. The topological polar surface area (TPSA) is 115 Å². The summed E-state index contributed by atoms with van der Waals surface area (Å²) in [5.41, 5.74) is 7.54. The number of nitrogen functional groups attached to an aromatic ring is 1. The van der Waals surface area contributed by atoms with Crippen molar-refractivity contribution in [2.75, 3.05) is 19.8 Å². The predicted octanol–water partition coefficient (Wildman–Crippen LogP) is 5.99. The standard InChI is InChI=1S/C29H29F3N4O4/c1-17(27(37)38)14-18-8-10-19(11-9-18)23-15-25(35-28(33)34-23)40-26(29(30,31)32)22-7-5-4-6-21(22)24-13-12-20(39-24)16-36(2)3/h4-13,15,17,26H,14,16H2,1-3H3,(H,37,38)(H2,33,34,35). The van der Waals surface area contributed by atoms with E-state index in [1.54, 1.807) is 55.5 Å². The summed E-state index contributed by atoms with van der Waals surface area (Å²) in [7, 11) is 3.72. The monoisotopic (exact) mass is 554 g/mol. The molecule has 40 heavy (non-hydrogen) atoms. The highest BCUT2D eigenvalue weighted by Crippen LogP contribution is 2.41. The average Bonchev–Trinajstić information content (AvgIpc) is 3.34. The Morgan fingerprint density at radius 3 is 2.42 bits per heavy atom. The SMILES string of the molecule is CC(Cc1ccc(-c2cc(OC(c3ccccc3-c3ccc(CN(C)C)o3)C(F)(F)F)nc(N)n2)cc1)C(=O)O. The van der Waals surface area contributed by atoms with E-state index in [0.717, 1.165) is 5.56 Å². The summed E-state index contributed by atoms with van der Waals surface area (Å²) in [4.78, 5) is 21.1. The van der Waals surface area contributed by atoms with Crippen LogP contribution in [0, 0.1) is 5.92 Å². The van der Waals surface area contributed by atoms with E-state index in [2.05, 4.69) is 9.97 Å². The van der Waals surface area contributed by atoms with Crippen LogP contribution in [0.3, 0.4) is 0 Å². The van der Waals surface area contributed by atoms with E-state index in [0.29, 0.717) is 24.3 Å². The summed E-state index contributed by atoms with van der Waals surface area (Å²) in [6.45, 7) is 2.10. The molecule has 0 radical (unpaired) electrons. The lowest BCUT2D eigenvalue weighted by atomic mass is 9.99. The minimum Gasteiger partial charge on any atom is -0.481 e. The van der Waals surface area contributed by atoms with Gasteiger partial charge in [0, 0.05) is 22.8 Å². The summed E-state index contributed by atoms with van der Waals surface area (Å²) in [5.74, 6) is -1.19. The van der Waals surface area contributed by atoms with E-state index in [9.17, 15) is 18.0 Å². The van der Waals surface area contributed by atoms with E-state index >= 15 is 0 Å². The number of nitrogens with two attached hydrogens (primary N) is 1. The fourth-order valence-corrected chi connectivity index (χ4v) is 4.20. The van der Waals surface area contributed by atoms with E-state index < -0.39 is 24.2 Å². The number of alkyl halides is 3. The second kappa shape index (κ2) is 11.8. The molecule has 8 nitrogen and oxygen atoms in total. The molecule has 0 aliphatic carbocycles. The van der Waals surface area contributed by atoms with Crippen molar-refractivity contribution >= 4 is 11.9 Å². The van der Waals surface area contributed by atoms with Gasteiger partial charge in [0.2, 0.25) is 17.9 Å². The number of carboxylic acids is 1. The zero-order valence-corrected chi connectivity index (χ0v) is 22.1. The van der Waals surface area contributed by atoms with Gasteiger partial charge in [-0.25, -0.2) is 4.98 Å². The maximum Gasteiger partial charge on any atom is 0.429 e. The fourth-order valence-electron chi connectivity index (χ4n) is 4.20. The van der Waals surface area contributed by atoms with Gasteiger partial charge in [0.15, 0.2) is 0 Å². The first-order valence-corrected chi connectivity index (χ1v) is 12.4. The van der Waals surface area contributed by atoms with Crippen LogP contribution in [0.5, 0.6) is 5.88 Å². The number of halogens is 3. The lowest BCUT2D eigenvalue weighted by molar-refractivity contribution is -0.198. The Kier molecular flexibility index (Phi) is 8.43. The van der Waals surface area contributed by atoms with E-state index in [-0.39, 0.29) is 34.4 Å². The van der Waals surface area contributed by atoms with Gasteiger partial charge in [-0.05, 0) is 38.2 Å². The molecule has 2 heterocycles. The number of nitrogens with zero attached hydrogens (tertiary/aromatic N) is 3. The molecule has 4 aromatic rings. The first-order chi connectivity index (χ1) is 18.9. The van der Waals surface area contributed by atoms with Crippen LogP contribution in [0.1, 0.15) is 29.9 Å². The van der Waals surface area contributed by atoms with E-state index in [1.807, 2.05) is 19.0 Å². The number of aromatic nitrogens is 2. The van der Waals surface area contributed by atoms with Crippen molar-refractivity contribution in [3.63, 3.8) is 0 Å². The van der Waals surface area contributed by atoms with Crippen molar-refractivity contribution < 1.29 is 32.2 Å². The van der Waals surface area contributed by atoms with Crippen LogP contribution in [-0.2, 0) is 17.8 Å². The van der Waals surface area contributed by atoms with Gasteiger partial charge in [0.25, 0.3) is 0 Å². The molecular formula is C29H29F3N4O4. The molecule has 210 valence electrons. The molecule has 2 aromatic heterocycles. The Morgan fingerprint density at radius 1 is 1.07 bits per heavy atom. The van der Waals surface area contributed by atoms with Crippen molar-refractivity contribution in [2.45, 2.75) is 32.2 Å². The summed E-state index contributed by atoms with van der Waals surface area (Å²) < 4.78 is 54.6. The van der Waals surface area contributed by atoms with Crippen LogP contribution < -0.4 is 10.5 Å². The summed E-state index contributed by atoms with van der Waals surface area (Å²) in [6.07, 6.45) is -6.83. The number of furan rings is 1. The Morgan fingerprint density at radius 2 is 1.77 bits per heavy atom. The number of aliphatic carboxylic acids is 1. The van der Waals surface area contributed by atoms with Crippen LogP contribution in [0.2, 0.25) is 0 Å². The van der Waals surface area contributed by atoms with Gasteiger partial charge < -0.3 is 24.9 Å². The largest absolute Gasteiger partial charge is 0.481 e. The van der Waals surface area contributed by atoms with Crippen molar-refractivity contribution in [3.05, 3.63) is 83.6 Å². The zero-order valence-electron chi connectivity index (χ0n) is 22.1. The molecule has 0 aliphatic rings. The molecule has 4 rings (SSSR count). The van der Waals surface area contributed by atoms with Gasteiger partial charge in [0.1, 0.15) is 11.5 Å². The third kappa shape index (κ3) is 6.97. The summed E-state index contributed by atoms with van der Waals surface area (Å²) in [5, 5.41) is 9.13. The zero-order chi connectivity index (χ0) is 29.0. The van der Waals surface area contributed by atoms with E-state index in [1.165, 1.54) is 18.2 Å². The molecule has 2 atom stereocenters. The molecule has 11 heteroatoms. The molecule has 2 aromatic carbocycles. The number of carbonyl (C=O) groups is 1. The first-order valence-electron chi connectivity index (χ1n) is 12.4. The quantitative estimate of drug-likeness (QED) is 0.246. The summed E-state index contributed by atoms with van der Waals surface area (Å²) in [6, 6.07) is 17.5. The normalized spacial score (nSPS) is 13.3. The molecule has 0 aliphatic heterocycles. The van der Waals surface area contributed by atoms with Crippen LogP contribution in [0.15, 0.2) is 71.1 Å². The van der Waals surface area contributed by atoms with Crippen molar-refractivity contribution in [3.8, 4) is 28.5 Å². The molecule has 0 bridgehead atoms. The van der Waals surface area contributed by atoms with Crippen molar-refractivity contribution in [2.24, 2.45) is 5.92 Å². The van der Waals surface area contributed by atoms with Crippen LogP contribution in [-0.4, -0.2) is 46.2 Å². The number of carboxylic acid groups (broad SMARTS) is 1. The third-order valence-corrected chi connectivity index (χ3v) is 6.11. The van der Waals surface area contributed by atoms with Gasteiger partial charge in [-0.15, -0.1) is 0 Å². The Labute approximate surface area is 229 Å². The minimum absolute atomic E-state index is 0.142. The smallest absolute Gasteiger partial charge is 0.429 e. The number of hydrogen-bond donors (Lipinski definition) is 2. The lowest BCUT2D eigenvalue weighted by Gasteiger charge is -2.23. The second-order valence-electron chi connectivity index (χ2n) is 9.72. The Bertz CT molecular complexity index is 1470. The maximum absolute atomic E-state index is 14.4. The number of anilines is 1. The minimum atomic E-state index is -4.79. The molecular weight excluding hydrogens is 525 g/mol. The number of ether oxygens (including phenoxy) is 1. The van der Waals surface area contributed by atoms with Crippen LogP contribution >= 0.6 is 0 Å². The molecule has 3 N–H and O–H groups in total. The molecule has 0 saturated carbocycles. The highest BCUT2D eigenvalue weighted by Gasteiger charge is 2.45. The average molecular weight is 555 g/mol. The second-order valence-corrected chi connectivity index (χ2v) is 9.72. The molecule has 0 saturated heterocycles. The van der Waals surface area contributed by atoms with Gasteiger partial charge >= 0.3 is 12.1 Å². The van der Waals surface area contributed by atoms with Gasteiger partial charge in [-0.2, -0.15) is 18.2 Å². The highest BCUT2D eigenvalue weighted by atomic mass is 19.4. The summed E-state index contributed by atoms with van der Waals surface area (Å²) >= 11 is 0. The lowest BCUT2D eigenvalue weighted by Crippen LogP contribution is -2.27. The highest BCUT2D eigenvalue weighted by molar-refractivity contribution is 5.70. The van der Waals surface area contributed by atoms with Gasteiger partial charge in [-0.3, -0.25) is 4.79 Å². The van der Waals surface area contributed by atoms with Crippen molar-refractivity contribution in [1.82, 2.24) is 14.9 Å². The third-order valence-electron chi connectivity index (χ3n) is 6.11. The Hall–Kier alpha value is -4.38. The number of rotatable bonds is 10.